The van der Waals surface area contributed by atoms with Gasteiger partial charge in [0.1, 0.15) is 13.2 Å². The fourth-order valence-electron chi connectivity index (χ4n) is 0.960. The van der Waals surface area contributed by atoms with Crippen molar-refractivity contribution in [3.05, 3.63) is 5.82 Å². The summed E-state index contributed by atoms with van der Waals surface area (Å²) in [5.74, 6) is -0.458. The summed E-state index contributed by atoms with van der Waals surface area (Å²) in [6, 6.07) is -0.560. The van der Waals surface area contributed by atoms with Crippen LogP contribution in [0.3, 0.4) is 0 Å². The summed E-state index contributed by atoms with van der Waals surface area (Å²) < 4.78 is 39.3. The molecule has 0 radical (unpaired) electrons. The number of hydrogen-bond donors (Lipinski definition) is 2. The molecule has 0 bridgehead atoms. The lowest BCUT2D eigenvalue weighted by molar-refractivity contribution is -0.175. The number of hydrogen-bond acceptors (Lipinski definition) is 5. The molecule has 1 aromatic rings. The molecule has 0 aliphatic carbocycles. The van der Waals surface area contributed by atoms with E-state index in [2.05, 4.69) is 30.7 Å². The zero-order valence-corrected chi connectivity index (χ0v) is 8.78. The first kappa shape index (κ1) is 13.4. The van der Waals surface area contributed by atoms with Crippen LogP contribution in [0.25, 0.3) is 0 Å². The van der Waals surface area contributed by atoms with Crippen LogP contribution in [-0.2, 0) is 9.53 Å². The molecule has 1 unspecified atom stereocenters. The van der Waals surface area contributed by atoms with Gasteiger partial charge in [0.2, 0.25) is 5.91 Å². The molecule has 10 heteroatoms. The maximum absolute atomic E-state index is 11.7. The minimum atomic E-state index is -4.44. The second-order valence-corrected chi connectivity index (χ2v) is 3.17. The average Bonchev–Trinajstić information content (AvgIpc) is 2.67. The fourth-order valence-corrected chi connectivity index (χ4v) is 0.960. The van der Waals surface area contributed by atoms with Crippen molar-refractivity contribution < 1.29 is 22.7 Å². The number of aromatic nitrogens is 4. The van der Waals surface area contributed by atoms with Gasteiger partial charge < -0.3 is 10.1 Å². The predicted octanol–water partition coefficient (Wildman–Crippen LogP) is -0.0442. The topological polar surface area (TPSA) is 92.8 Å². The molecule has 0 spiro atoms. The number of nitrogens with one attached hydrogen (secondary N) is 2. The van der Waals surface area contributed by atoms with Crippen molar-refractivity contribution in [1.82, 2.24) is 25.9 Å². The highest BCUT2D eigenvalue weighted by Gasteiger charge is 2.27. The molecule has 0 fully saturated rings. The van der Waals surface area contributed by atoms with Crippen LogP contribution in [0, 0.1) is 0 Å². The number of carbonyl (C=O) groups excluding carboxylic acids is 1. The third-order valence-electron chi connectivity index (χ3n) is 1.63. The van der Waals surface area contributed by atoms with E-state index in [1.165, 1.54) is 0 Å². The molecule has 1 heterocycles. The van der Waals surface area contributed by atoms with Crippen molar-refractivity contribution in [2.24, 2.45) is 0 Å². The van der Waals surface area contributed by atoms with Gasteiger partial charge in [-0.1, -0.05) is 5.21 Å². The molecule has 1 rings (SSSR count). The molecule has 1 aromatic heterocycles. The Hall–Kier alpha value is -1.71. The minimum Gasteiger partial charge on any atom is -0.362 e. The van der Waals surface area contributed by atoms with Crippen LogP contribution in [-0.4, -0.2) is 45.9 Å². The van der Waals surface area contributed by atoms with Gasteiger partial charge in [0.05, 0.1) is 6.04 Å². The second kappa shape index (κ2) is 5.57. The van der Waals surface area contributed by atoms with Crippen LogP contribution in [0.2, 0.25) is 0 Å². The Balaban J connectivity index is 2.26. The normalized spacial score (nSPS) is 13.4. The van der Waals surface area contributed by atoms with E-state index in [9.17, 15) is 18.0 Å². The third kappa shape index (κ3) is 5.24. The van der Waals surface area contributed by atoms with E-state index >= 15 is 0 Å². The SMILES string of the molecule is CC(NC(=O)COCC(F)(F)F)c1nn[nH]n1. The number of carbonyl (C=O) groups is 1. The zero-order valence-electron chi connectivity index (χ0n) is 8.78. The Morgan fingerprint density at radius 2 is 2.29 bits per heavy atom. The molecule has 0 aromatic carbocycles. The van der Waals surface area contributed by atoms with Crippen LogP contribution in [0.5, 0.6) is 0 Å². The number of tetrazole rings is 1. The molecular weight excluding hydrogens is 243 g/mol. The third-order valence-corrected chi connectivity index (χ3v) is 1.63. The number of aromatic amines is 1. The van der Waals surface area contributed by atoms with Gasteiger partial charge in [-0.15, -0.1) is 10.2 Å². The van der Waals surface area contributed by atoms with E-state index in [0.717, 1.165) is 0 Å². The van der Waals surface area contributed by atoms with Gasteiger partial charge in [0, 0.05) is 0 Å². The Bertz CT molecular complexity index is 353. The summed E-state index contributed by atoms with van der Waals surface area (Å²) in [6.45, 7) is -0.578. The van der Waals surface area contributed by atoms with Crippen molar-refractivity contribution >= 4 is 5.91 Å². The molecule has 1 atom stereocenters. The van der Waals surface area contributed by atoms with Crippen LogP contribution < -0.4 is 5.32 Å². The Morgan fingerprint density at radius 1 is 1.59 bits per heavy atom. The average molecular weight is 253 g/mol. The number of H-pyrrole nitrogens is 1. The van der Waals surface area contributed by atoms with Gasteiger partial charge >= 0.3 is 6.18 Å². The first-order valence-corrected chi connectivity index (χ1v) is 4.55. The Kier molecular flexibility index (Phi) is 4.37. The largest absolute Gasteiger partial charge is 0.411 e. The number of ether oxygens (including phenoxy) is 1. The van der Waals surface area contributed by atoms with Gasteiger partial charge in [-0.2, -0.15) is 18.4 Å². The number of rotatable bonds is 5. The maximum atomic E-state index is 11.7. The van der Waals surface area contributed by atoms with Crippen LogP contribution in [0.4, 0.5) is 13.2 Å². The summed E-state index contributed by atoms with van der Waals surface area (Å²) in [7, 11) is 0. The highest BCUT2D eigenvalue weighted by atomic mass is 19.4. The lowest BCUT2D eigenvalue weighted by atomic mass is 10.3. The number of halogens is 3. The van der Waals surface area contributed by atoms with Gasteiger partial charge in [-0.05, 0) is 6.92 Å². The summed E-state index contributed by atoms with van der Waals surface area (Å²) in [5, 5.41) is 15.0. The first-order valence-electron chi connectivity index (χ1n) is 4.55. The van der Waals surface area contributed by atoms with E-state index in [4.69, 9.17) is 0 Å². The van der Waals surface area contributed by atoms with Crippen molar-refractivity contribution in [1.29, 1.82) is 0 Å². The molecule has 2 N–H and O–H groups in total. The van der Waals surface area contributed by atoms with E-state index in [-0.39, 0.29) is 5.82 Å². The molecule has 17 heavy (non-hydrogen) atoms. The van der Waals surface area contributed by atoms with Gasteiger partial charge in [-0.25, -0.2) is 0 Å². The fraction of sp³-hybridized carbons (Fsp3) is 0.714. The lowest BCUT2D eigenvalue weighted by Crippen LogP contribution is -2.32. The Morgan fingerprint density at radius 3 is 2.82 bits per heavy atom. The van der Waals surface area contributed by atoms with Crippen molar-refractivity contribution in [3.8, 4) is 0 Å². The molecule has 96 valence electrons. The Labute approximate surface area is 93.7 Å². The molecule has 1 amide bonds. The number of alkyl halides is 3. The molecule has 0 aliphatic heterocycles. The summed E-state index contributed by atoms with van der Waals surface area (Å²) >= 11 is 0. The van der Waals surface area contributed by atoms with E-state index in [1.807, 2.05) is 0 Å². The smallest absolute Gasteiger partial charge is 0.362 e. The summed E-state index contributed by atoms with van der Waals surface area (Å²) in [4.78, 5) is 11.1. The highest BCUT2D eigenvalue weighted by Crippen LogP contribution is 2.14. The molecule has 7 nitrogen and oxygen atoms in total. The van der Waals surface area contributed by atoms with E-state index < -0.39 is 31.3 Å². The quantitative estimate of drug-likeness (QED) is 0.767. The molecular formula is C7H10F3N5O2. The van der Waals surface area contributed by atoms with Crippen LogP contribution in [0.15, 0.2) is 0 Å². The first-order chi connectivity index (χ1) is 7.88. The van der Waals surface area contributed by atoms with Crippen molar-refractivity contribution in [3.63, 3.8) is 0 Å². The molecule has 0 saturated heterocycles. The van der Waals surface area contributed by atoms with Crippen molar-refractivity contribution in [2.75, 3.05) is 13.2 Å². The summed E-state index contributed by atoms with van der Waals surface area (Å²) in [6.07, 6.45) is -4.44. The second-order valence-electron chi connectivity index (χ2n) is 3.17. The maximum Gasteiger partial charge on any atom is 0.411 e. The number of amides is 1. The number of nitrogens with zero attached hydrogens (tertiary/aromatic N) is 3. The van der Waals surface area contributed by atoms with E-state index in [1.54, 1.807) is 6.92 Å². The molecule has 0 aliphatic rings. The van der Waals surface area contributed by atoms with Gasteiger partial charge in [-0.3, -0.25) is 4.79 Å². The van der Waals surface area contributed by atoms with Gasteiger partial charge in [0.25, 0.3) is 0 Å². The predicted molar refractivity (Wildman–Crippen MR) is 47.6 cm³/mol. The van der Waals surface area contributed by atoms with Crippen molar-refractivity contribution in [2.45, 2.75) is 19.1 Å². The monoisotopic (exact) mass is 253 g/mol. The summed E-state index contributed by atoms with van der Waals surface area (Å²) in [5.41, 5.74) is 0. The standard InChI is InChI=1S/C7H10F3N5O2/c1-4(6-12-14-15-13-6)11-5(16)2-17-3-7(8,9)10/h4H,2-3H2,1H3,(H,11,16)(H,12,13,14,15). The van der Waals surface area contributed by atoms with Gasteiger partial charge in [0.15, 0.2) is 5.82 Å². The van der Waals surface area contributed by atoms with Crippen LogP contribution >= 0.6 is 0 Å². The minimum absolute atomic E-state index is 0.231. The molecule has 0 saturated carbocycles. The zero-order chi connectivity index (χ0) is 12.9. The van der Waals surface area contributed by atoms with E-state index in [0.29, 0.717) is 0 Å². The lowest BCUT2D eigenvalue weighted by Gasteiger charge is -2.11. The van der Waals surface area contributed by atoms with Crippen LogP contribution in [0.1, 0.15) is 18.8 Å². The highest BCUT2D eigenvalue weighted by molar-refractivity contribution is 5.77.